The first-order chi connectivity index (χ1) is 8.82. The van der Waals surface area contributed by atoms with Crippen molar-refractivity contribution in [3.05, 3.63) is 31.7 Å². The molecule has 2 rings (SSSR count). The van der Waals surface area contributed by atoms with E-state index in [9.17, 15) is 19.2 Å². The second-order valence-corrected chi connectivity index (χ2v) is 3.86. The van der Waals surface area contributed by atoms with Crippen LogP contribution in [-0.4, -0.2) is 26.8 Å². The molecule has 9 heteroatoms. The molecular weight excluding hydrogens is 254 g/mol. The van der Waals surface area contributed by atoms with Crippen LogP contribution in [0.5, 0.6) is 0 Å². The zero-order valence-corrected chi connectivity index (χ0v) is 10.4. The molecule has 0 aromatic carbocycles. The van der Waals surface area contributed by atoms with Gasteiger partial charge in [-0.2, -0.15) is 9.98 Å². The van der Waals surface area contributed by atoms with E-state index in [1.807, 2.05) is 0 Å². The molecule has 0 saturated carbocycles. The van der Waals surface area contributed by atoms with Crippen molar-refractivity contribution in [1.82, 2.24) is 9.13 Å². The Bertz CT molecular complexity index is 871. The summed E-state index contributed by atoms with van der Waals surface area (Å²) in [5, 5.41) is -0.239. The summed E-state index contributed by atoms with van der Waals surface area (Å²) in [7, 11) is 2.64. The van der Waals surface area contributed by atoms with Crippen LogP contribution in [0, 0.1) is 0 Å². The van der Waals surface area contributed by atoms with Crippen molar-refractivity contribution in [2.45, 2.75) is 6.92 Å². The van der Waals surface area contributed by atoms with E-state index in [1.54, 1.807) is 0 Å². The van der Waals surface area contributed by atoms with Crippen molar-refractivity contribution in [2.75, 3.05) is 0 Å². The van der Waals surface area contributed by atoms with Gasteiger partial charge < -0.3 is 0 Å². The Kier molecular flexibility index (Phi) is 2.81. The molecule has 0 aliphatic carbocycles. The molecule has 0 N–H and O–H groups in total. The van der Waals surface area contributed by atoms with Gasteiger partial charge in [0.15, 0.2) is 10.8 Å². The van der Waals surface area contributed by atoms with E-state index < -0.39 is 28.9 Å². The van der Waals surface area contributed by atoms with Crippen molar-refractivity contribution in [1.29, 1.82) is 0 Å². The van der Waals surface area contributed by atoms with E-state index in [0.29, 0.717) is 0 Å². The number of amides is 2. The van der Waals surface area contributed by atoms with Crippen molar-refractivity contribution in [3.63, 3.8) is 0 Å². The predicted octanol–water partition coefficient (Wildman–Crippen LogP) is -3.19. The molecule has 1 aromatic heterocycles. The summed E-state index contributed by atoms with van der Waals surface area (Å²) < 4.78 is 1.88. The third-order valence-electron chi connectivity index (χ3n) is 2.49. The zero-order chi connectivity index (χ0) is 14.3. The molecule has 0 radical (unpaired) electrons. The number of hydrogen-bond acceptors (Lipinski definition) is 4. The molecule has 2 amide bonds. The fourth-order valence-electron chi connectivity index (χ4n) is 1.56. The average Bonchev–Trinajstić information content (AvgIpc) is 2.35. The number of carbonyl (C=O) groups excluding carboxylic acids is 2. The van der Waals surface area contributed by atoms with Crippen molar-refractivity contribution in [2.24, 2.45) is 29.1 Å². The van der Waals surface area contributed by atoms with Gasteiger partial charge in [0.1, 0.15) is 0 Å². The van der Waals surface area contributed by atoms with Gasteiger partial charge in [-0.25, -0.2) is 9.79 Å². The Morgan fingerprint density at radius 1 is 1.11 bits per heavy atom. The minimum Gasteiger partial charge on any atom is -0.279 e. The molecule has 19 heavy (non-hydrogen) atoms. The molecule has 0 saturated heterocycles. The molecular formula is C10H9N5O4. The molecule has 0 unspecified atom stereocenters. The van der Waals surface area contributed by atoms with Crippen molar-refractivity contribution in [3.8, 4) is 0 Å². The van der Waals surface area contributed by atoms with Gasteiger partial charge in [0.2, 0.25) is 11.7 Å². The van der Waals surface area contributed by atoms with Crippen LogP contribution in [0.1, 0.15) is 6.92 Å². The fourth-order valence-corrected chi connectivity index (χ4v) is 1.56. The smallest absolute Gasteiger partial charge is 0.279 e. The summed E-state index contributed by atoms with van der Waals surface area (Å²) in [6, 6.07) is 0. The number of aromatic nitrogens is 2. The highest BCUT2D eigenvalue weighted by atomic mass is 16.2. The second kappa shape index (κ2) is 4.19. The molecule has 2 heterocycles. The van der Waals surface area contributed by atoms with Crippen LogP contribution in [0.15, 0.2) is 24.6 Å². The van der Waals surface area contributed by atoms with Crippen LogP contribution >= 0.6 is 0 Å². The molecule has 98 valence electrons. The van der Waals surface area contributed by atoms with Gasteiger partial charge in [-0.1, -0.05) is 0 Å². The topological polar surface area (TPSA) is 115 Å². The molecule has 1 aliphatic rings. The lowest BCUT2D eigenvalue weighted by molar-refractivity contribution is -0.116. The maximum Gasteiger partial charge on any atom is 0.332 e. The van der Waals surface area contributed by atoms with Gasteiger partial charge in [0, 0.05) is 21.0 Å². The molecule has 0 bridgehead atoms. The number of nitrogens with zero attached hydrogens (tertiary/aromatic N) is 5. The van der Waals surface area contributed by atoms with Crippen molar-refractivity contribution >= 4 is 17.6 Å². The maximum absolute atomic E-state index is 11.8. The van der Waals surface area contributed by atoms with E-state index in [-0.39, 0.29) is 10.8 Å². The highest BCUT2D eigenvalue weighted by Crippen LogP contribution is 1.88. The second-order valence-electron chi connectivity index (χ2n) is 3.86. The molecule has 0 spiro atoms. The normalized spacial score (nSPS) is 15.7. The van der Waals surface area contributed by atoms with Crippen LogP contribution in [-0.2, 0) is 23.7 Å². The Morgan fingerprint density at radius 2 is 1.74 bits per heavy atom. The largest absolute Gasteiger partial charge is 0.332 e. The quantitative estimate of drug-likeness (QED) is 0.490. The van der Waals surface area contributed by atoms with E-state index in [0.717, 1.165) is 16.1 Å². The molecule has 0 fully saturated rings. The number of rotatable bonds is 0. The van der Waals surface area contributed by atoms with E-state index in [4.69, 9.17) is 0 Å². The highest BCUT2D eigenvalue weighted by molar-refractivity contribution is 6.40. The molecule has 1 aromatic rings. The standard InChI is InChI=1S/C10H9N5O4/c1-4(16)11-6-8(17)12-5-7(13-6)14(2)10(19)15(3)9(5)18/h1-3H3. The lowest BCUT2D eigenvalue weighted by atomic mass is 10.4. The van der Waals surface area contributed by atoms with Crippen LogP contribution in [0.25, 0.3) is 0 Å². The van der Waals surface area contributed by atoms with Crippen LogP contribution < -0.4 is 22.1 Å². The van der Waals surface area contributed by atoms with E-state index >= 15 is 0 Å². The number of fused-ring (bicyclic) bond motifs is 1. The van der Waals surface area contributed by atoms with Crippen LogP contribution in [0.3, 0.4) is 0 Å². The van der Waals surface area contributed by atoms with Crippen LogP contribution in [0.2, 0.25) is 0 Å². The molecule has 1 aliphatic heterocycles. The summed E-state index contributed by atoms with van der Waals surface area (Å²) >= 11 is 0. The van der Waals surface area contributed by atoms with Gasteiger partial charge in [0.05, 0.1) is 0 Å². The average molecular weight is 263 g/mol. The minimum atomic E-state index is -0.890. The van der Waals surface area contributed by atoms with Gasteiger partial charge in [0.25, 0.3) is 5.56 Å². The number of aliphatic imine (C=N–C) groups is 1. The summed E-state index contributed by atoms with van der Waals surface area (Å²) in [5.41, 5.74) is -1.43. The van der Waals surface area contributed by atoms with Gasteiger partial charge in [-0.3, -0.25) is 23.5 Å². The first-order valence-corrected chi connectivity index (χ1v) is 5.20. The van der Waals surface area contributed by atoms with Gasteiger partial charge in [-0.05, 0) is 0 Å². The Morgan fingerprint density at radius 3 is 2.32 bits per heavy atom. The Labute approximate surface area is 105 Å². The number of carbonyl (C=O) groups is 2. The van der Waals surface area contributed by atoms with Gasteiger partial charge >= 0.3 is 11.6 Å². The number of hydrogen-bond donors (Lipinski definition) is 0. The summed E-state index contributed by atoms with van der Waals surface area (Å²) in [6.45, 7) is 1.15. The third-order valence-corrected chi connectivity index (χ3v) is 2.49. The third kappa shape index (κ3) is 1.94. The van der Waals surface area contributed by atoms with Gasteiger partial charge in [-0.15, -0.1) is 0 Å². The molecule has 0 atom stereocenters. The Balaban J connectivity index is 3.01. The first kappa shape index (κ1) is 12.7. The lowest BCUT2D eigenvalue weighted by Gasteiger charge is -2.06. The van der Waals surface area contributed by atoms with E-state index in [1.165, 1.54) is 14.1 Å². The maximum atomic E-state index is 11.8. The highest BCUT2D eigenvalue weighted by Gasteiger charge is 2.19. The lowest BCUT2D eigenvalue weighted by Crippen LogP contribution is -2.59. The summed E-state index contributed by atoms with van der Waals surface area (Å²) in [4.78, 5) is 56.6. The minimum absolute atomic E-state index is 0.0901. The number of amidine groups is 1. The summed E-state index contributed by atoms with van der Waals surface area (Å²) in [6.07, 6.45) is 0. The molecule has 9 nitrogen and oxygen atoms in total. The summed E-state index contributed by atoms with van der Waals surface area (Å²) in [5.74, 6) is -1.96. The first-order valence-electron chi connectivity index (χ1n) is 5.20. The van der Waals surface area contributed by atoms with Crippen molar-refractivity contribution < 1.29 is 9.59 Å². The SMILES string of the molecule is CC(=O)N=C1N=c2c(c(=O)n(C)c(=O)n2C)=NC1=O. The Hall–Kier alpha value is -2.71. The van der Waals surface area contributed by atoms with E-state index in [2.05, 4.69) is 15.0 Å². The monoisotopic (exact) mass is 263 g/mol. The zero-order valence-electron chi connectivity index (χ0n) is 10.4. The van der Waals surface area contributed by atoms with Crippen LogP contribution in [0.4, 0.5) is 0 Å². The fraction of sp³-hybridized carbons (Fsp3) is 0.300. The predicted molar refractivity (Wildman–Crippen MR) is 62.4 cm³/mol.